The van der Waals surface area contributed by atoms with E-state index in [-0.39, 0.29) is 24.0 Å². The van der Waals surface area contributed by atoms with E-state index in [1.54, 1.807) is 11.8 Å². The third-order valence-electron chi connectivity index (χ3n) is 2.13. The Morgan fingerprint density at radius 1 is 1.12 bits per heavy atom. The average molecular weight is 381 g/mol. The lowest BCUT2D eigenvalue weighted by Gasteiger charge is -1.92. The number of rotatable bonds is 2. The molecule has 0 saturated heterocycles. The summed E-state index contributed by atoms with van der Waals surface area (Å²) in [5.74, 6) is 0. The largest absolute Gasteiger partial charge is 1.00 e. The van der Waals surface area contributed by atoms with E-state index in [4.69, 9.17) is 0 Å². The molecule has 0 N–H and O–H groups in total. The molecule has 0 aliphatic carbocycles. The van der Waals surface area contributed by atoms with E-state index < -0.39 is 0 Å². The van der Waals surface area contributed by atoms with Crippen molar-refractivity contribution in [3.05, 3.63) is 41.1 Å². The zero-order chi connectivity index (χ0) is 10.7. The molecule has 2 rings (SSSR count). The average Bonchev–Trinajstić information content (AvgIpc) is 2.78. The van der Waals surface area contributed by atoms with Crippen molar-refractivity contribution < 1.29 is 24.0 Å². The fraction of sp³-hybridized carbons (Fsp3) is 0.182. The van der Waals surface area contributed by atoms with E-state index in [0.717, 1.165) is 0 Å². The summed E-state index contributed by atoms with van der Waals surface area (Å²) in [5.41, 5.74) is 1.24. The molecule has 5 heteroatoms. The van der Waals surface area contributed by atoms with E-state index in [0.29, 0.717) is 0 Å². The fourth-order valence-electron chi connectivity index (χ4n) is 1.26. The molecule has 0 fully saturated rings. The van der Waals surface area contributed by atoms with Crippen molar-refractivity contribution in [3.8, 4) is 0 Å². The Balaban J connectivity index is 0.00000128. The first-order chi connectivity index (χ1) is 7.31. The molecule has 0 spiro atoms. The van der Waals surface area contributed by atoms with Crippen LogP contribution in [0.1, 0.15) is 0 Å². The van der Waals surface area contributed by atoms with Gasteiger partial charge in [0.2, 0.25) is 5.69 Å². The van der Waals surface area contributed by atoms with Gasteiger partial charge in [0.25, 0.3) is 4.67 Å². The quantitative estimate of drug-likeness (QED) is 0.312. The Morgan fingerprint density at radius 2 is 1.81 bits per heavy atom. The number of nitrogens with zero attached hydrogens (tertiary/aromatic N) is 1. The summed E-state index contributed by atoms with van der Waals surface area (Å²) in [5, 5.41) is 0. The van der Waals surface area contributed by atoms with Gasteiger partial charge in [0.1, 0.15) is 7.05 Å². The van der Waals surface area contributed by atoms with Gasteiger partial charge in [-0.05, 0) is 16.6 Å². The maximum Gasteiger partial charge on any atom is 0.273 e. The molecule has 86 valence electrons. The molecule has 0 radical (unpaired) electrons. The third-order valence-corrected chi connectivity index (χ3v) is 5.94. The minimum Gasteiger partial charge on any atom is -1.00 e. The van der Waals surface area contributed by atoms with Crippen LogP contribution in [0.5, 0.6) is 0 Å². The van der Waals surface area contributed by atoms with Gasteiger partial charge in [-0.3, -0.25) is 0 Å². The molecule has 0 bridgehead atoms. The van der Waals surface area contributed by atoms with Gasteiger partial charge in [0, 0.05) is 18.2 Å². The van der Waals surface area contributed by atoms with Crippen molar-refractivity contribution in [2.45, 2.75) is 4.21 Å². The molecule has 1 aromatic carbocycles. The summed E-state index contributed by atoms with van der Waals surface area (Å²) in [6, 6.07) is 12.7. The van der Waals surface area contributed by atoms with Crippen LogP contribution in [0.25, 0.3) is 0 Å². The van der Waals surface area contributed by atoms with Crippen LogP contribution < -0.4 is 33.2 Å². The molecule has 0 unspecified atom stereocenters. The standard InChI is InChI=1S/C11H12NS3.HI/c1-12(9-6-4-3-5-7-9)10-8-11(13-2)15-14-10;/h3-8H,1-2H3;1H/q+1;/p-1/b12-10+;. The number of halogens is 1. The molecular formula is C11H12INS3. The van der Waals surface area contributed by atoms with Crippen LogP contribution in [0.4, 0.5) is 5.69 Å². The Labute approximate surface area is 124 Å². The maximum absolute atomic E-state index is 2.24. The first kappa shape index (κ1) is 14.2. The molecule has 1 heterocycles. The van der Waals surface area contributed by atoms with Crippen molar-refractivity contribution in [3.63, 3.8) is 0 Å². The lowest BCUT2D eigenvalue weighted by Crippen LogP contribution is -3.00. The lowest BCUT2D eigenvalue weighted by atomic mass is 10.3. The van der Waals surface area contributed by atoms with Crippen molar-refractivity contribution >= 4 is 38.1 Å². The molecule has 0 saturated carbocycles. The van der Waals surface area contributed by atoms with E-state index in [1.165, 1.54) is 14.6 Å². The highest BCUT2D eigenvalue weighted by Crippen LogP contribution is 2.21. The molecule has 0 amide bonds. The second kappa shape index (κ2) is 6.78. The molecule has 0 aliphatic rings. The van der Waals surface area contributed by atoms with E-state index in [1.807, 2.05) is 26.7 Å². The van der Waals surface area contributed by atoms with Crippen LogP contribution in [-0.4, -0.2) is 13.3 Å². The summed E-state index contributed by atoms with van der Waals surface area (Å²) in [6.07, 6.45) is 2.12. The van der Waals surface area contributed by atoms with Gasteiger partial charge in [-0.15, -0.1) is 11.8 Å². The summed E-state index contributed by atoms with van der Waals surface area (Å²) in [6.45, 7) is 0. The minimum atomic E-state index is 0. The lowest BCUT2D eigenvalue weighted by molar-refractivity contribution is -0.00000290. The van der Waals surface area contributed by atoms with Crippen molar-refractivity contribution in [1.82, 2.24) is 4.58 Å². The topological polar surface area (TPSA) is 3.01 Å². The molecule has 2 aromatic rings. The van der Waals surface area contributed by atoms with Gasteiger partial charge in [0.05, 0.1) is 4.21 Å². The zero-order valence-corrected chi connectivity index (χ0v) is 13.6. The number of benzene rings is 1. The van der Waals surface area contributed by atoms with E-state index in [9.17, 15) is 0 Å². The first-order valence-corrected chi connectivity index (χ1v) is 7.94. The predicted octanol–water partition coefficient (Wildman–Crippen LogP) is 0.269. The van der Waals surface area contributed by atoms with Gasteiger partial charge in [-0.25, -0.2) is 0 Å². The van der Waals surface area contributed by atoms with Crippen molar-refractivity contribution in [1.29, 1.82) is 0 Å². The Hall–Kier alpha value is 0.150. The Bertz CT molecular complexity index is 501. The van der Waals surface area contributed by atoms with Crippen LogP contribution in [0, 0.1) is 0 Å². The minimum absolute atomic E-state index is 0. The molecule has 0 aliphatic heterocycles. The second-order valence-electron chi connectivity index (χ2n) is 3.07. The molecular weight excluding hydrogens is 369 g/mol. The summed E-state index contributed by atoms with van der Waals surface area (Å²) < 4.78 is 4.90. The summed E-state index contributed by atoms with van der Waals surface area (Å²) in [4.78, 5) is 0. The van der Waals surface area contributed by atoms with Crippen molar-refractivity contribution in [2.75, 3.05) is 13.3 Å². The van der Waals surface area contributed by atoms with Crippen LogP contribution in [0.15, 0.2) is 40.6 Å². The SMILES string of the molecule is CSc1c/c(=[N+](/C)c2ccccc2)ss1.[I-]. The Kier molecular flexibility index (Phi) is 6.02. The van der Waals surface area contributed by atoms with E-state index >= 15 is 0 Å². The van der Waals surface area contributed by atoms with Crippen LogP contribution in [0.3, 0.4) is 0 Å². The second-order valence-corrected chi connectivity index (χ2v) is 6.36. The predicted molar refractivity (Wildman–Crippen MR) is 71.3 cm³/mol. The van der Waals surface area contributed by atoms with Gasteiger partial charge >= 0.3 is 0 Å². The van der Waals surface area contributed by atoms with Gasteiger partial charge in [0.15, 0.2) is 0 Å². The van der Waals surface area contributed by atoms with Crippen LogP contribution in [0.2, 0.25) is 0 Å². The Morgan fingerprint density at radius 3 is 2.38 bits per heavy atom. The van der Waals surface area contributed by atoms with Gasteiger partial charge < -0.3 is 24.0 Å². The fourth-order valence-corrected chi connectivity index (χ4v) is 4.66. The molecule has 1 nitrogen and oxygen atoms in total. The monoisotopic (exact) mass is 381 g/mol. The molecule has 0 atom stereocenters. The maximum atomic E-state index is 2.24. The normalized spacial score (nSPS) is 11.9. The first-order valence-electron chi connectivity index (χ1n) is 4.57. The molecule has 1 aromatic heterocycles. The number of hydrogen-bond donors (Lipinski definition) is 0. The zero-order valence-electron chi connectivity index (χ0n) is 9.01. The summed E-state index contributed by atoms with van der Waals surface area (Å²) in [7, 11) is 5.77. The van der Waals surface area contributed by atoms with Gasteiger partial charge in [-0.2, -0.15) is 4.58 Å². The number of hydrogen-bond acceptors (Lipinski definition) is 3. The summed E-state index contributed by atoms with van der Waals surface area (Å²) >= 11 is 1.80. The van der Waals surface area contributed by atoms with Crippen LogP contribution >= 0.6 is 32.4 Å². The highest BCUT2D eigenvalue weighted by Gasteiger charge is 2.06. The smallest absolute Gasteiger partial charge is 0.273 e. The van der Waals surface area contributed by atoms with Gasteiger partial charge in [-0.1, -0.05) is 28.5 Å². The highest BCUT2D eigenvalue weighted by molar-refractivity contribution is 8.02. The number of thioether (sulfide) groups is 1. The van der Waals surface area contributed by atoms with E-state index in [2.05, 4.69) is 48.2 Å². The third kappa shape index (κ3) is 3.32. The van der Waals surface area contributed by atoms with Crippen molar-refractivity contribution in [2.24, 2.45) is 0 Å². The molecule has 16 heavy (non-hydrogen) atoms. The number of para-hydroxylation sites is 1. The highest BCUT2D eigenvalue weighted by atomic mass is 127. The van der Waals surface area contributed by atoms with Crippen LogP contribution in [-0.2, 0) is 0 Å².